The Hall–Kier alpha value is -1.77. The Morgan fingerprint density at radius 3 is 2.62 bits per heavy atom. The number of nitrogens with zero attached hydrogens (tertiary/aromatic N) is 1. The molecule has 0 saturated heterocycles. The third kappa shape index (κ3) is 2.08. The molecule has 2 rings (SSSR count). The van der Waals surface area contributed by atoms with E-state index in [9.17, 15) is 0 Å². The Bertz CT molecular complexity index is 418. The molecule has 0 fully saturated rings. The van der Waals surface area contributed by atoms with E-state index in [2.05, 4.69) is 11.2 Å². The molecule has 1 aliphatic rings. The van der Waals surface area contributed by atoms with Crippen molar-refractivity contribution in [3.63, 3.8) is 0 Å². The van der Waals surface area contributed by atoms with Crippen molar-refractivity contribution in [2.75, 3.05) is 7.11 Å². The molecule has 84 valence electrons. The number of hydrogen-bond acceptors (Lipinski definition) is 3. The molecule has 0 saturated carbocycles. The largest absolute Gasteiger partial charge is 0.497 e. The number of hydrogen-bond donors (Lipinski definition) is 1. The molecule has 16 heavy (non-hydrogen) atoms. The zero-order valence-electron chi connectivity index (χ0n) is 9.31. The van der Waals surface area contributed by atoms with Crippen molar-refractivity contribution in [1.82, 2.24) is 0 Å². The second-order valence-corrected chi connectivity index (χ2v) is 3.79. The second-order valence-electron chi connectivity index (χ2n) is 3.79. The van der Waals surface area contributed by atoms with Gasteiger partial charge in [-0.3, -0.25) is 0 Å². The molecule has 0 aliphatic heterocycles. The minimum Gasteiger partial charge on any atom is -0.497 e. The molecule has 0 unspecified atom stereocenters. The number of rotatable bonds is 2. The molecule has 0 radical (unpaired) electrons. The van der Waals surface area contributed by atoms with Crippen molar-refractivity contribution in [2.24, 2.45) is 5.16 Å². The molecule has 0 heterocycles. The van der Waals surface area contributed by atoms with Crippen molar-refractivity contribution in [3.8, 4) is 5.75 Å². The van der Waals surface area contributed by atoms with E-state index in [1.54, 1.807) is 7.11 Å². The maximum Gasteiger partial charge on any atom is 0.118 e. The lowest BCUT2D eigenvalue weighted by molar-refractivity contribution is 0.318. The van der Waals surface area contributed by atoms with Crippen LogP contribution in [-0.2, 0) is 0 Å². The second kappa shape index (κ2) is 4.84. The summed E-state index contributed by atoms with van der Waals surface area (Å²) >= 11 is 0. The zero-order chi connectivity index (χ0) is 11.4. The van der Waals surface area contributed by atoms with Crippen molar-refractivity contribution in [3.05, 3.63) is 35.9 Å². The predicted octanol–water partition coefficient (Wildman–Crippen LogP) is 3.09. The molecule has 0 atom stereocenters. The minimum atomic E-state index is 0.774. The van der Waals surface area contributed by atoms with Crippen LogP contribution in [0.15, 0.2) is 35.5 Å². The molecular formula is C13H15NO2. The first kappa shape index (κ1) is 10.7. The van der Waals surface area contributed by atoms with Crippen LogP contribution in [0, 0.1) is 0 Å². The van der Waals surface area contributed by atoms with Gasteiger partial charge >= 0.3 is 0 Å². The molecule has 1 aliphatic carbocycles. The summed E-state index contributed by atoms with van der Waals surface area (Å²) in [5.41, 5.74) is 2.89. The van der Waals surface area contributed by atoms with Gasteiger partial charge in [-0.05, 0) is 37.0 Å². The minimum absolute atomic E-state index is 0.774. The third-order valence-corrected chi connectivity index (χ3v) is 2.80. The highest BCUT2D eigenvalue weighted by atomic mass is 16.5. The highest BCUT2D eigenvalue weighted by molar-refractivity contribution is 6.24. The van der Waals surface area contributed by atoms with Gasteiger partial charge in [-0.25, -0.2) is 0 Å². The highest BCUT2D eigenvalue weighted by Gasteiger charge is 2.14. The van der Waals surface area contributed by atoms with Crippen LogP contribution >= 0.6 is 0 Å². The van der Waals surface area contributed by atoms with Gasteiger partial charge in [-0.2, -0.15) is 0 Å². The van der Waals surface area contributed by atoms with E-state index in [1.165, 1.54) is 0 Å². The Morgan fingerprint density at radius 1 is 1.25 bits per heavy atom. The van der Waals surface area contributed by atoms with Gasteiger partial charge in [-0.15, -0.1) is 0 Å². The quantitative estimate of drug-likeness (QED) is 0.611. The Balaban J connectivity index is 2.32. The molecule has 1 aromatic rings. The standard InChI is InChI=1S/C13H15NO2/c1-16-11-8-6-10(7-9-11)12-4-2-3-5-13(12)14-15/h4,6-9,15H,2-3,5H2,1H3/b14-13+. The van der Waals surface area contributed by atoms with Gasteiger partial charge in [0.1, 0.15) is 5.75 Å². The summed E-state index contributed by atoms with van der Waals surface area (Å²) in [6.07, 6.45) is 5.06. The number of benzene rings is 1. The van der Waals surface area contributed by atoms with Gasteiger partial charge in [0.25, 0.3) is 0 Å². The fourth-order valence-corrected chi connectivity index (χ4v) is 1.93. The fourth-order valence-electron chi connectivity index (χ4n) is 1.93. The molecule has 0 aromatic heterocycles. The van der Waals surface area contributed by atoms with Crippen LogP contribution in [0.2, 0.25) is 0 Å². The lowest BCUT2D eigenvalue weighted by Gasteiger charge is -2.14. The molecule has 3 heteroatoms. The Morgan fingerprint density at radius 2 is 2.00 bits per heavy atom. The number of oxime groups is 1. The average Bonchev–Trinajstić information content (AvgIpc) is 2.39. The van der Waals surface area contributed by atoms with Crippen molar-refractivity contribution >= 4 is 11.3 Å². The first-order valence-corrected chi connectivity index (χ1v) is 5.41. The molecule has 1 N–H and O–H groups in total. The van der Waals surface area contributed by atoms with Gasteiger partial charge in [0.15, 0.2) is 0 Å². The van der Waals surface area contributed by atoms with E-state index in [-0.39, 0.29) is 0 Å². The fraction of sp³-hybridized carbons (Fsp3) is 0.308. The molecule has 0 bridgehead atoms. The maximum absolute atomic E-state index is 8.95. The smallest absolute Gasteiger partial charge is 0.118 e. The number of allylic oxidation sites excluding steroid dienone is 2. The van der Waals surface area contributed by atoms with E-state index in [4.69, 9.17) is 9.94 Å². The van der Waals surface area contributed by atoms with Gasteiger partial charge in [0, 0.05) is 5.57 Å². The average molecular weight is 217 g/mol. The van der Waals surface area contributed by atoms with E-state index in [1.807, 2.05) is 24.3 Å². The van der Waals surface area contributed by atoms with Crippen LogP contribution in [0.25, 0.3) is 5.57 Å². The third-order valence-electron chi connectivity index (χ3n) is 2.80. The topological polar surface area (TPSA) is 41.8 Å². The number of methoxy groups -OCH3 is 1. The van der Waals surface area contributed by atoms with E-state index < -0.39 is 0 Å². The van der Waals surface area contributed by atoms with Gasteiger partial charge in [0.2, 0.25) is 0 Å². The summed E-state index contributed by atoms with van der Waals surface area (Å²) in [5.74, 6) is 0.836. The molecule has 1 aromatic carbocycles. The van der Waals surface area contributed by atoms with Crippen LogP contribution in [0.4, 0.5) is 0 Å². The summed E-state index contributed by atoms with van der Waals surface area (Å²) < 4.78 is 5.11. The van der Waals surface area contributed by atoms with Crippen molar-refractivity contribution < 1.29 is 9.94 Å². The summed E-state index contributed by atoms with van der Waals surface area (Å²) in [5, 5.41) is 12.3. The molecular weight excluding hydrogens is 202 g/mol. The normalized spacial score (nSPS) is 18.3. The number of ether oxygens (including phenoxy) is 1. The highest BCUT2D eigenvalue weighted by Crippen LogP contribution is 2.26. The van der Waals surface area contributed by atoms with E-state index in [0.717, 1.165) is 41.9 Å². The van der Waals surface area contributed by atoms with Gasteiger partial charge < -0.3 is 9.94 Å². The van der Waals surface area contributed by atoms with E-state index >= 15 is 0 Å². The lowest BCUT2D eigenvalue weighted by atomic mass is 9.92. The maximum atomic E-state index is 8.95. The molecule has 0 spiro atoms. The summed E-state index contributed by atoms with van der Waals surface area (Å²) in [6.45, 7) is 0. The first-order chi connectivity index (χ1) is 7.85. The van der Waals surface area contributed by atoms with Gasteiger partial charge in [-0.1, -0.05) is 23.4 Å². The predicted molar refractivity (Wildman–Crippen MR) is 64.0 cm³/mol. The zero-order valence-corrected chi connectivity index (χ0v) is 9.31. The Labute approximate surface area is 95.0 Å². The van der Waals surface area contributed by atoms with Crippen LogP contribution in [0.1, 0.15) is 24.8 Å². The van der Waals surface area contributed by atoms with Crippen LogP contribution in [0.3, 0.4) is 0 Å². The summed E-state index contributed by atoms with van der Waals surface area (Å²) in [6, 6.07) is 7.81. The molecule has 0 amide bonds. The van der Waals surface area contributed by atoms with E-state index in [0.29, 0.717) is 0 Å². The SMILES string of the molecule is COc1ccc(C2=CCCC/C2=N\O)cc1. The van der Waals surface area contributed by atoms with Crippen LogP contribution < -0.4 is 4.74 Å². The van der Waals surface area contributed by atoms with Gasteiger partial charge in [0.05, 0.1) is 12.8 Å². The summed E-state index contributed by atoms with van der Waals surface area (Å²) in [4.78, 5) is 0. The first-order valence-electron chi connectivity index (χ1n) is 5.41. The Kier molecular flexibility index (Phi) is 3.25. The summed E-state index contributed by atoms with van der Waals surface area (Å²) in [7, 11) is 1.65. The van der Waals surface area contributed by atoms with Crippen molar-refractivity contribution in [2.45, 2.75) is 19.3 Å². The monoisotopic (exact) mass is 217 g/mol. The van der Waals surface area contributed by atoms with Crippen molar-refractivity contribution in [1.29, 1.82) is 0 Å². The van der Waals surface area contributed by atoms with Crippen LogP contribution in [-0.4, -0.2) is 18.0 Å². The molecule has 3 nitrogen and oxygen atoms in total. The lowest BCUT2D eigenvalue weighted by Crippen LogP contribution is -2.06. The van der Waals surface area contributed by atoms with Crippen LogP contribution in [0.5, 0.6) is 5.75 Å².